The SMILES string of the molecule is C=CCNCC=C.CCCCCCC(F)(F)S(=O)(=O)O. The summed E-state index contributed by atoms with van der Waals surface area (Å²) in [5.74, 6) is 0. The summed E-state index contributed by atoms with van der Waals surface area (Å²) in [4.78, 5) is 0. The average molecular weight is 313 g/mol. The minimum absolute atomic E-state index is 0.112. The van der Waals surface area contributed by atoms with Crippen LogP contribution in [0.2, 0.25) is 0 Å². The number of alkyl halides is 2. The maximum Gasteiger partial charge on any atom is 0.370 e. The highest BCUT2D eigenvalue weighted by atomic mass is 32.2. The zero-order chi connectivity index (χ0) is 16.1. The van der Waals surface area contributed by atoms with Crippen molar-refractivity contribution in [2.45, 2.75) is 44.3 Å². The van der Waals surface area contributed by atoms with Gasteiger partial charge in [-0.25, -0.2) is 0 Å². The molecule has 20 heavy (non-hydrogen) atoms. The van der Waals surface area contributed by atoms with Gasteiger partial charge in [-0.15, -0.1) is 13.2 Å². The second-order valence-corrected chi connectivity index (χ2v) is 5.71. The highest BCUT2D eigenvalue weighted by Gasteiger charge is 2.42. The lowest BCUT2D eigenvalue weighted by Crippen LogP contribution is -2.27. The molecule has 2 N–H and O–H groups in total. The molecule has 7 heteroatoms. The van der Waals surface area contributed by atoms with Crippen LogP contribution in [0.5, 0.6) is 0 Å². The van der Waals surface area contributed by atoms with Gasteiger partial charge in [-0.1, -0.05) is 38.3 Å². The molecule has 0 atom stereocenters. The number of hydrogen-bond acceptors (Lipinski definition) is 3. The number of nitrogens with one attached hydrogen (secondary N) is 1. The van der Waals surface area contributed by atoms with E-state index in [1.807, 2.05) is 19.1 Å². The summed E-state index contributed by atoms with van der Waals surface area (Å²) in [5, 5.41) is -0.937. The summed E-state index contributed by atoms with van der Waals surface area (Å²) >= 11 is 0. The lowest BCUT2D eigenvalue weighted by Gasteiger charge is -2.11. The number of rotatable bonds is 10. The summed E-state index contributed by atoms with van der Waals surface area (Å²) in [6.07, 6.45) is 5.19. The quantitative estimate of drug-likeness (QED) is 0.368. The molecule has 0 aliphatic carbocycles. The summed E-state index contributed by atoms with van der Waals surface area (Å²) < 4.78 is 53.4. The predicted octanol–water partition coefficient (Wildman–Crippen LogP) is 3.39. The first-order valence-electron chi connectivity index (χ1n) is 6.50. The third kappa shape index (κ3) is 12.3. The number of halogens is 2. The van der Waals surface area contributed by atoms with Crippen molar-refractivity contribution in [3.8, 4) is 0 Å². The molecule has 0 spiro atoms. The van der Waals surface area contributed by atoms with Crippen LogP contribution in [0, 0.1) is 0 Å². The van der Waals surface area contributed by atoms with Crippen molar-refractivity contribution in [2.75, 3.05) is 13.1 Å². The summed E-state index contributed by atoms with van der Waals surface area (Å²) in [7, 11) is -5.22. The predicted molar refractivity (Wildman–Crippen MR) is 78.5 cm³/mol. The molecule has 0 saturated carbocycles. The smallest absolute Gasteiger partial charge is 0.310 e. The largest absolute Gasteiger partial charge is 0.370 e. The van der Waals surface area contributed by atoms with Gasteiger partial charge in [-0.2, -0.15) is 17.2 Å². The minimum atomic E-state index is -5.22. The fourth-order valence-corrected chi connectivity index (χ4v) is 1.58. The van der Waals surface area contributed by atoms with Crippen LogP contribution in [0.3, 0.4) is 0 Å². The maximum absolute atomic E-state index is 12.5. The van der Waals surface area contributed by atoms with E-state index >= 15 is 0 Å². The molecule has 0 aliphatic heterocycles. The zero-order valence-electron chi connectivity index (χ0n) is 11.9. The second kappa shape index (κ2) is 12.0. The molecular weight excluding hydrogens is 288 g/mol. The molecule has 0 aromatic carbocycles. The van der Waals surface area contributed by atoms with Gasteiger partial charge in [0.1, 0.15) is 0 Å². The second-order valence-electron chi connectivity index (χ2n) is 4.16. The lowest BCUT2D eigenvalue weighted by atomic mass is 10.2. The third-order valence-electron chi connectivity index (χ3n) is 2.28. The first-order valence-corrected chi connectivity index (χ1v) is 7.94. The van der Waals surface area contributed by atoms with Crippen LogP contribution in [-0.4, -0.2) is 31.3 Å². The molecule has 0 radical (unpaired) electrons. The number of hydrogen-bond donors (Lipinski definition) is 2. The number of unbranched alkanes of at least 4 members (excludes halogenated alkanes) is 3. The van der Waals surface area contributed by atoms with Gasteiger partial charge in [0.2, 0.25) is 0 Å². The van der Waals surface area contributed by atoms with Gasteiger partial charge in [0.05, 0.1) is 0 Å². The fraction of sp³-hybridized carbons (Fsp3) is 0.692. The van der Waals surface area contributed by atoms with Gasteiger partial charge in [0, 0.05) is 19.5 Å². The molecule has 0 bridgehead atoms. The molecule has 120 valence electrons. The summed E-state index contributed by atoms with van der Waals surface area (Å²) in [6.45, 7) is 10.7. The van der Waals surface area contributed by atoms with Crippen LogP contribution in [0.4, 0.5) is 8.78 Å². The van der Waals surface area contributed by atoms with E-state index < -0.39 is 21.8 Å². The van der Waals surface area contributed by atoms with Crippen LogP contribution >= 0.6 is 0 Å². The van der Waals surface area contributed by atoms with E-state index in [1.54, 1.807) is 0 Å². The first kappa shape index (κ1) is 21.5. The molecule has 0 unspecified atom stereocenters. The van der Waals surface area contributed by atoms with Crippen molar-refractivity contribution in [3.63, 3.8) is 0 Å². The minimum Gasteiger partial charge on any atom is -0.310 e. The molecule has 0 amide bonds. The van der Waals surface area contributed by atoms with E-state index in [2.05, 4.69) is 18.5 Å². The van der Waals surface area contributed by atoms with Crippen LogP contribution < -0.4 is 5.32 Å². The van der Waals surface area contributed by atoms with Crippen LogP contribution in [0.1, 0.15) is 39.0 Å². The van der Waals surface area contributed by atoms with Crippen molar-refractivity contribution in [3.05, 3.63) is 25.3 Å². The molecule has 0 aromatic heterocycles. The first-order chi connectivity index (χ1) is 9.22. The van der Waals surface area contributed by atoms with E-state index in [4.69, 9.17) is 4.55 Å². The van der Waals surface area contributed by atoms with E-state index in [-0.39, 0.29) is 6.42 Å². The monoisotopic (exact) mass is 313 g/mol. The third-order valence-corrected chi connectivity index (χ3v) is 3.24. The molecule has 0 saturated heterocycles. The topological polar surface area (TPSA) is 66.4 Å². The Balaban J connectivity index is 0. The van der Waals surface area contributed by atoms with E-state index in [0.29, 0.717) is 6.42 Å². The van der Waals surface area contributed by atoms with Crippen molar-refractivity contribution in [2.24, 2.45) is 0 Å². The highest BCUT2D eigenvalue weighted by molar-refractivity contribution is 7.86. The Morgan fingerprint density at radius 1 is 1.15 bits per heavy atom. The molecule has 0 heterocycles. The van der Waals surface area contributed by atoms with E-state index in [0.717, 1.165) is 25.9 Å². The Hall–Kier alpha value is -0.790. The van der Waals surface area contributed by atoms with Crippen LogP contribution in [0.15, 0.2) is 25.3 Å². The van der Waals surface area contributed by atoms with Crippen molar-refractivity contribution in [1.29, 1.82) is 0 Å². The Kier molecular flexibility index (Phi) is 12.9. The van der Waals surface area contributed by atoms with Crippen molar-refractivity contribution >= 4 is 10.1 Å². The highest BCUT2D eigenvalue weighted by Crippen LogP contribution is 2.27. The Morgan fingerprint density at radius 2 is 1.65 bits per heavy atom. The lowest BCUT2D eigenvalue weighted by molar-refractivity contribution is 0.0683. The molecule has 0 aromatic rings. The Morgan fingerprint density at radius 3 is 2.00 bits per heavy atom. The van der Waals surface area contributed by atoms with Gasteiger partial charge >= 0.3 is 15.4 Å². The zero-order valence-corrected chi connectivity index (χ0v) is 12.8. The van der Waals surface area contributed by atoms with Crippen molar-refractivity contribution < 1.29 is 21.8 Å². The molecule has 0 fully saturated rings. The Bertz CT molecular complexity index is 349. The van der Waals surface area contributed by atoms with Crippen LogP contribution in [-0.2, 0) is 10.1 Å². The van der Waals surface area contributed by atoms with E-state index in [9.17, 15) is 17.2 Å². The Labute approximate surface area is 120 Å². The van der Waals surface area contributed by atoms with Gasteiger partial charge in [0.25, 0.3) is 0 Å². The molecule has 0 rings (SSSR count). The molecule has 4 nitrogen and oxygen atoms in total. The maximum atomic E-state index is 12.5. The van der Waals surface area contributed by atoms with Gasteiger partial charge in [-0.05, 0) is 6.42 Å². The standard InChI is InChI=1S/C7H14F2O3S.C6H11N/c1-2-3-4-5-6-7(8,9)13(10,11)12;1-3-5-7-6-4-2/h2-6H2,1H3,(H,10,11,12);3-4,7H,1-2,5-6H2. The summed E-state index contributed by atoms with van der Waals surface area (Å²) in [6, 6.07) is 0. The van der Waals surface area contributed by atoms with Gasteiger partial charge < -0.3 is 5.32 Å². The molecular formula is C13H25F2NO3S. The van der Waals surface area contributed by atoms with Crippen LogP contribution in [0.25, 0.3) is 0 Å². The molecule has 0 aliphatic rings. The van der Waals surface area contributed by atoms with Gasteiger partial charge in [-0.3, -0.25) is 4.55 Å². The fourth-order valence-electron chi connectivity index (χ4n) is 1.17. The van der Waals surface area contributed by atoms with Crippen molar-refractivity contribution in [1.82, 2.24) is 5.32 Å². The summed E-state index contributed by atoms with van der Waals surface area (Å²) in [5.41, 5.74) is 0. The van der Waals surface area contributed by atoms with Gasteiger partial charge in [0.15, 0.2) is 0 Å². The normalized spacial score (nSPS) is 11.4. The van der Waals surface area contributed by atoms with E-state index in [1.165, 1.54) is 0 Å². The average Bonchev–Trinajstić information content (AvgIpc) is 2.35.